The summed E-state index contributed by atoms with van der Waals surface area (Å²) in [4.78, 5) is 49.1. The van der Waals surface area contributed by atoms with Crippen molar-refractivity contribution in [3.05, 3.63) is 35.6 Å². The third-order valence-electron chi connectivity index (χ3n) is 2.62. The topological polar surface area (TPSA) is 150 Å². The van der Waals surface area contributed by atoms with Crippen LogP contribution in [0.4, 0.5) is 9.18 Å². The zero-order valence-electron chi connectivity index (χ0n) is 12.3. The van der Waals surface area contributed by atoms with Gasteiger partial charge in [0.15, 0.2) is 0 Å². The van der Waals surface area contributed by atoms with E-state index in [0.717, 1.165) is 0 Å². The number of rotatable bonds is 7. The molecule has 130 valence electrons. The van der Waals surface area contributed by atoms with Crippen LogP contribution in [0.1, 0.15) is 18.4 Å². The van der Waals surface area contributed by atoms with Gasteiger partial charge in [0.1, 0.15) is 11.9 Å². The number of carbonyl (C=O) groups excluding carboxylic acids is 3. The molecule has 0 saturated carbocycles. The molecule has 4 N–H and O–H groups in total. The summed E-state index contributed by atoms with van der Waals surface area (Å²) in [5.74, 6) is -2.86. The Balaban J connectivity index is 0.00000163. The molecule has 0 bridgehead atoms. The molecule has 0 saturated heterocycles. The van der Waals surface area contributed by atoms with Crippen LogP contribution in [-0.2, 0) is 25.7 Å². The Kier molecular flexibility index (Phi) is 9.79. The van der Waals surface area contributed by atoms with E-state index in [2.05, 4.69) is 10.6 Å². The lowest BCUT2D eigenvalue weighted by Gasteiger charge is -2.14. The van der Waals surface area contributed by atoms with Gasteiger partial charge in [-0.15, -0.1) is 0 Å². The van der Waals surface area contributed by atoms with Crippen LogP contribution in [0, 0.1) is 5.82 Å². The van der Waals surface area contributed by atoms with Crippen LogP contribution in [0.25, 0.3) is 0 Å². The number of nitrogens with one attached hydrogen (secondary N) is 2. The molecule has 2 amide bonds. The van der Waals surface area contributed by atoms with E-state index in [0.29, 0.717) is 5.56 Å². The Morgan fingerprint density at radius 1 is 1.12 bits per heavy atom. The van der Waals surface area contributed by atoms with E-state index in [9.17, 15) is 18.8 Å². The average molecular weight is 342 g/mol. The molecule has 9 nitrogen and oxygen atoms in total. The van der Waals surface area contributed by atoms with Crippen LogP contribution >= 0.6 is 0 Å². The maximum Gasteiger partial charge on any atom is 0.373 e. The van der Waals surface area contributed by atoms with Crippen molar-refractivity contribution in [3.63, 3.8) is 0 Å². The zero-order chi connectivity index (χ0) is 18.5. The first-order valence-corrected chi connectivity index (χ1v) is 6.52. The fraction of sp³-hybridized carbons (Fsp3) is 0.286. The van der Waals surface area contributed by atoms with Gasteiger partial charge in [0, 0.05) is 13.0 Å². The first-order valence-electron chi connectivity index (χ1n) is 6.52. The quantitative estimate of drug-likeness (QED) is 0.558. The Morgan fingerprint density at radius 2 is 1.67 bits per heavy atom. The van der Waals surface area contributed by atoms with E-state index in [1.807, 2.05) is 0 Å². The summed E-state index contributed by atoms with van der Waals surface area (Å²) >= 11 is 0. The van der Waals surface area contributed by atoms with E-state index in [1.165, 1.54) is 24.3 Å². The second-order valence-corrected chi connectivity index (χ2v) is 4.36. The smallest absolute Gasteiger partial charge is 0.373 e. The van der Waals surface area contributed by atoms with Crippen LogP contribution in [0.5, 0.6) is 0 Å². The van der Waals surface area contributed by atoms with Crippen LogP contribution in [-0.4, -0.2) is 40.4 Å². The van der Waals surface area contributed by atoms with Gasteiger partial charge in [0.05, 0.1) is 0 Å². The van der Waals surface area contributed by atoms with Crippen molar-refractivity contribution in [2.45, 2.75) is 25.4 Å². The highest BCUT2D eigenvalue weighted by Gasteiger charge is 2.20. The van der Waals surface area contributed by atoms with Gasteiger partial charge in [0.2, 0.25) is 0 Å². The number of aliphatic carboxylic acids is 2. The summed E-state index contributed by atoms with van der Waals surface area (Å²) in [6, 6.07) is 3.42. The summed E-state index contributed by atoms with van der Waals surface area (Å²) in [7, 11) is 0. The fourth-order valence-electron chi connectivity index (χ4n) is 1.52. The standard InChI is InChI=1S/C13H15FN2O5.CO2/c14-9-3-1-8(2-4-9)7-15-13(21)16-10(12(19)20)5-6-11(17)18;2-1-3/h1-4,10H,5-7H2,(H,17,18)(H,19,20)(H2,15,16,21);/t10-;/m0./s1. The summed E-state index contributed by atoms with van der Waals surface area (Å²) < 4.78 is 12.7. The van der Waals surface area contributed by atoms with Crippen LogP contribution in [0.2, 0.25) is 0 Å². The minimum Gasteiger partial charge on any atom is -0.481 e. The molecule has 0 heterocycles. The highest BCUT2D eigenvalue weighted by molar-refractivity contribution is 5.82. The summed E-state index contributed by atoms with van der Waals surface area (Å²) in [6.07, 6.45) is -0.330. The molecule has 0 aromatic heterocycles. The third kappa shape index (κ3) is 9.64. The van der Waals surface area contributed by atoms with Crippen molar-refractivity contribution >= 4 is 24.1 Å². The van der Waals surface area contributed by atoms with E-state index in [4.69, 9.17) is 19.8 Å². The second kappa shape index (κ2) is 11.3. The molecule has 0 spiro atoms. The number of amides is 2. The van der Waals surface area contributed by atoms with Gasteiger partial charge >= 0.3 is 24.1 Å². The molecule has 1 aromatic rings. The first kappa shape index (κ1) is 20.7. The maximum absolute atomic E-state index is 12.7. The van der Waals surface area contributed by atoms with Crippen molar-refractivity contribution in [3.8, 4) is 0 Å². The molecule has 0 aliphatic carbocycles. The molecule has 0 aliphatic heterocycles. The molecule has 0 radical (unpaired) electrons. The number of benzene rings is 1. The molecule has 0 fully saturated rings. The predicted octanol–water partition coefficient (Wildman–Crippen LogP) is 0.359. The Hall–Kier alpha value is -3.26. The predicted molar refractivity (Wildman–Crippen MR) is 75.1 cm³/mol. The monoisotopic (exact) mass is 342 g/mol. The number of hydrogen-bond acceptors (Lipinski definition) is 5. The number of carboxylic acids is 2. The highest BCUT2D eigenvalue weighted by Crippen LogP contribution is 2.02. The second-order valence-electron chi connectivity index (χ2n) is 4.36. The number of carbonyl (C=O) groups is 3. The van der Waals surface area contributed by atoms with E-state index < -0.39 is 29.8 Å². The number of urea groups is 1. The lowest BCUT2D eigenvalue weighted by atomic mass is 10.1. The first-order chi connectivity index (χ1) is 11.3. The van der Waals surface area contributed by atoms with Gasteiger partial charge in [-0.2, -0.15) is 9.59 Å². The summed E-state index contributed by atoms with van der Waals surface area (Å²) in [5.41, 5.74) is 0.643. The van der Waals surface area contributed by atoms with Gasteiger partial charge in [0.25, 0.3) is 0 Å². The SMILES string of the molecule is O=C(O)CC[C@H](NC(=O)NCc1ccc(F)cc1)C(=O)O.O=C=O. The third-order valence-corrected chi connectivity index (χ3v) is 2.62. The van der Waals surface area contributed by atoms with Crippen molar-refractivity contribution < 1.29 is 38.6 Å². The number of hydrogen-bond donors (Lipinski definition) is 4. The maximum atomic E-state index is 12.7. The van der Waals surface area contributed by atoms with Gasteiger partial charge in [-0.1, -0.05) is 12.1 Å². The van der Waals surface area contributed by atoms with Gasteiger partial charge in [-0.05, 0) is 24.1 Å². The molecule has 1 rings (SSSR count). The van der Waals surface area contributed by atoms with Gasteiger partial charge < -0.3 is 20.8 Å². The number of halogens is 1. The molecule has 24 heavy (non-hydrogen) atoms. The highest BCUT2D eigenvalue weighted by atomic mass is 19.1. The summed E-state index contributed by atoms with van der Waals surface area (Å²) in [6.45, 7) is 0.0946. The van der Waals surface area contributed by atoms with Gasteiger partial charge in [-0.25, -0.2) is 14.0 Å². The molecule has 1 atom stereocenters. The average Bonchev–Trinajstić information content (AvgIpc) is 2.51. The molecular weight excluding hydrogens is 327 g/mol. The Morgan fingerprint density at radius 3 is 2.12 bits per heavy atom. The van der Waals surface area contributed by atoms with Crippen molar-refractivity contribution in [2.75, 3.05) is 0 Å². The molecule has 0 unspecified atom stereocenters. The van der Waals surface area contributed by atoms with Crippen molar-refractivity contribution in [1.82, 2.24) is 10.6 Å². The van der Waals surface area contributed by atoms with E-state index >= 15 is 0 Å². The molecule has 1 aromatic carbocycles. The van der Waals surface area contributed by atoms with Gasteiger partial charge in [-0.3, -0.25) is 4.79 Å². The minimum atomic E-state index is -1.31. The van der Waals surface area contributed by atoms with Crippen molar-refractivity contribution in [1.29, 1.82) is 0 Å². The fourth-order valence-corrected chi connectivity index (χ4v) is 1.52. The summed E-state index contributed by atoms with van der Waals surface area (Å²) in [5, 5.41) is 21.9. The zero-order valence-corrected chi connectivity index (χ0v) is 12.3. The lowest BCUT2D eigenvalue weighted by molar-refractivity contribution is -0.191. The van der Waals surface area contributed by atoms with Crippen LogP contribution in [0.15, 0.2) is 24.3 Å². The largest absolute Gasteiger partial charge is 0.481 e. The Labute approximate surface area is 135 Å². The lowest BCUT2D eigenvalue weighted by Crippen LogP contribution is -2.46. The Bertz CT molecular complexity index is 598. The normalized spacial score (nSPS) is 10.4. The molecule has 0 aliphatic rings. The molecular formula is C14H15FN2O7. The molecule has 10 heteroatoms. The number of carboxylic acid groups (broad SMARTS) is 2. The van der Waals surface area contributed by atoms with Crippen molar-refractivity contribution in [2.24, 2.45) is 0 Å². The van der Waals surface area contributed by atoms with E-state index in [1.54, 1.807) is 0 Å². The van der Waals surface area contributed by atoms with Crippen LogP contribution in [0.3, 0.4) is 0 Å². The minimum absolute atomic E-state index is 0.0946. The van der Waals surface area contributed by atoms with E-state index in [-0.39, 0.29) is 25.5 Å². The van der Waals surface area contributed by atoms with Crippen LogP contribution < -0.4 is 10.6 Å².